The van der Waals surface area contributed by atoms with Crippen molar-refractivity contribution in [3.63, 3.8) is 0 Å². The molecule has 138 valence electrons. The molecule has 3 aromatic rings. The zero-order valence-electron chi connectivity index (χ0n) is 15.3. The van der Waals surface area contributed by atoms with Crippen molar-refractivity contribution in [1.29, 1.82) is 0 Å². The average molecular weight is 363 g/mol. The van der Waals surface area contributed by atoms with Gasteiger partial charge in [0.2, 0.25) is 0 Å². The Kier molecular flexibility index (Phi) is 4.45. The molecule has 4 rings (SSSR count). The van der Waals surface area contributed by atoms with Crippen molar-refractivity contribution in [1.82, 2.24) is 25.1 Å². The van der Waals surface area contributed by atoms with Crippen LogP contribution in [-0.4, -0.2) is 38.9 Å². The molecule has 1 aliphatic rings. The van der Waals surface area contributed by atoms with Crippen LogP contribution < -0.4 is 15.5 Å². The SMILES string of the molecule is CC(C)n1cc(Nc2ccnc(-c3ccc(N4CCNC4=O)cc3)n2)cn1. The van der Waals surface area contributed by atoms with Gasteiger partial charge in [-0.25, -0.2) is 14.8 Å². The molecular formula is C19H21N7O. The van der Waals surface area contributed by atoms with Crippen LogP contribution in [0.2, 0.25) is 0 Å². The number of nitrogens with zero attached hydrogens (tertiary/aromatic N) is 5. The maximum absolute atomic E-state index is 11.8. The van der Waals surface area contributed by atoms with Gasteiger partial charge in [-0.15, -0.1) is 0 Å². The highest BCUT2D eigenvalue weighted by Gasteiger charge is 2.20. The van der Waals surface area contributed by atoms with Gasteiger partial charge in [-0.05, 0) is 44.2 Å². The molecule has 27 heavy (non-hydrogen) atoms. The van der Waals surface area contributed by atoms with Gasteiger partial charge in [0, 0.05) is 42.8 Å². The van der Waals surface area contributed by atoms with E-state index >= 15 is 0 Å². The lowest BCUT2D eigenvalue weighted by atomic mass is 10.2. The number of amides is 2. The van der Waals surface area contributed by atoms with Gasteiger partial charge in [0.25, 0.3) is 0 Å². The lowest BCUT2D eigenvalue weighted by molar-refractivity contribution is 0.252. The maximum Gasteiger partial charge on any atom is 0.321 e. The van der Waals surface area contributed by atoms with Crippen molar-refractivity contribution in [3.8, 4) is 11.4 Å². The van der Waals surface area contributed by atoms with Gasteiger partial charge in [-0.1, -0.05) is 0 Å². The van der Waals surface area contributed by atoms with Gasteiger partial charge in [0.1, 0.15) is 5.82 Å². The van der Waals surface area contributed by atoms with Crippen LogP contribution in [0.1, 0.15) is 19.9 Å². The van der Waals surface area contributed by atoms with Gasteiger partial charge in [0.05, 0.1) is 11.9 Å². The quantitative estimate of drug-likeness (QED) is 0.727. The Morgan fingerprint density at radius 2 is 2.00 bits per heavy atom. The Balaban J connectivity index is 1.52. The molecule has 1 fully saturated rings. The Morgan fingerprint density at radius 3 is 2.67 bits per heavy atom. The lowest BCUT2D eigenvalue weighted by Crippen LogP contribution is -2.27. The number of carbonyl (C=O) groups excluding carboxylic acids is 1. The van der Waals surface area contributed by atoms with Gasteiger partial charge < -0.3 is 10.6 Å². The van der Waals surface area contributed by atoms with E-state index in [1.807, 2.05) is 41.2 Å². The van der Waals surface area contributed by atoms with Crippen molar-refractivity contribution in [2.24, 2.45) is 0 Å². The molecule has 8 heteroatoms. The third-order valence-corrected chi connectivity index (χ3v) is 4.35. The summed E-state index contributed by atoms with van der Waals surface area (Å²) >= 11 is 0. The Hall–Kier alpha value is -3.42. The highest BCUT2D eigenvalue weighted by atomic mass is 16.2. The van der Waals surface area contributed by atoms with E-state index in [0.717, 1.165) is 16.9 Å². The standard InChI is InChI=1S/C19H21N7O/c1-13(2)26-12-15(11-22-26)23-17-7-8-20-18(24-17)14-3-5-16(6-4-14)25-10-9-21-19(25)27/h3-8,11-13H,9-10H2,1-2H3,(H,21,27)(H,20,23,24). The monoisotopic (exact) mass is 363 g/mol. The molecule has 2 N–H and O–H groups in total. The highest BCUT2D eigenvalue weighted by Crippen LogP contribution is 2.23. The third-order valence-electron chi connectivity index (χ3n) is 4.35. The first-order valence-corrected chi connectivity index (χ1v) is 8.90. The van der Waals surface area contributed by atoms with Crippen molar-refractivity contribution in [2.75, 3.05) is 23.3 Å². The topological polar surface area (TPSA) is 88.0 Å². The van der Waals surface area contributed by atoms with Crippen LogP contribution in [0, 0.1) is 0 Å². The Labute approximate surface area is 157 Å². The summed E-state index contributed by atoms with van der Waals surface area (Å²) in [4.78, 5) is 22.4. The molecule has 1 saturated heterocycles. The summed E-state index contributed by atoms with van der Waals surface area (Å²) in [5.74, 6) is 1.32. The molecule has 0 spiro atoms. The van der Waals surface area contributed by atoms with E-state index in [9.17, 15) is 4.79 Å². The summed E-state index contributed by atoms with van der Waals surface area (Å²) in [6.07, 6.45) is 5.44. The zero-order valence-corrected chi connectivity index (χ0v) is 15.3. The van der Waals surface area contributed by atoms with Crippen LogP contribution in [0.5, 0.6) is 0 Å². The van der Waals surface area contributed by atoms with E-state index in [1.165, 1.54) is 0 Å². The van der Waals surface area contributed by atoms with Crippen LogP contribution in [-0.2, 0) is 0 Å². The summed E-state index contributed by atoms with van der Waals surface area (Å²) < 4.78 is 1.89. The molecule has 1 aliphatic heterocycles. The second kappa shape index (κ2) is 7.06. The molecule has 0 atom stereocenters. The van der Waals surface area contributed by atoms with E-state index in [-0.39, 0.29) is 6.03 Å². The fourth-order valence-corrected chi connectivity index (χ4v) is 2.91. The second-order valence-electron chi connectivity index (χ2n) is 6.62. The Morgan fingerprint density at radius 1 is 1.19 bits per heavy atom. The second-order valence-corrected chi connectivity index (χ2v) is 6.62. The Bertz CT molecular complexity index is 949. The normalized spacial score (nSPS) is 13.9. The fraction of sp³-hybridized carbons (Fsp3) is 0.263. The average Bonchev–Trinajstić information content (AvgIpc) is 3.31. The summed E-state index contributed by atoms with van der Waals surface area (Å²) in [7, 11) is 0. The molecule has 0 radical (unpaired) electrons. The number of hydrogen-bond acceptors (Lipinski definition) is 5. The van der Waals surface area contributed by atoms with E-state index < -0.39 is 0 Å². The summed E-state index contributed by atoms with van der Waals surface area (Å²) in [6.45, 7) is 5.51. The number of nitrogens with one attached hydrogen (secondary N) is 2. The molecule has 0 unspecified atom stereocenters. The van der Waals surface area contributed by atoms with E-state index in [1.54, 1.807) is 17.3 Å². The molecule has 0 aliphatic carbocycles. The smallest absolute Gasteiger partial charge is 0.321 e. The van der Waals surface area contributed by atoms with Crippen molar-refractivity contribution in [3.05, 3.63) is 48.9 Å². The van der Waals surface area contributed by atoms with E-state index in [2.05, 4.69) is 39.5 Å². The minimum absolute atomic E-state index is 0.0628. The summed E-state index contributed by atoms with van der Waals surface area (Å²) in [5.41, 5.74) is 2.63. The number of rotatable bonds is 5. The van der Waals surface area contributed by atoms with Crippen molar-refractivity contribution < 1.29 is 4.79 Å². The van der Waals surface area contributed by atoms with E-state index in [4.69, 9.17) is 0 Å². The summed E-state index contributed by atoms with van der Waals surface area (Å²) in [5, 5.41) is 10.4. The van der Waals surface area contributed by atoms with Crippen LogP contribution >= 0.6 is 0 Å². The number of anilines is 3. The molecule has 8 nitrogen and oxygen atoms in total. The fourth-order valence-electron chi connectivity index (χ4n) is 2.91. The number of hydrogen-bond donors (Lipinski definition) is 2. The largest absolute Gasteiger partial charge is 0.338 e. The molecule has 2 amide bonds. The predicted octanol–water partition coefficient (Wildman–Crippen LogP) is 3.19. The van der Waals surface area contributed by atoms with Gasteiger partial charge in [-0.2, -0.15) is 5.10 Å². The number of aromatic nitrogens is 4. The first-order chi connectivity index (χ1) is 13.1. The molecule has 3 heterocycles. The highest BCUT2D eigenvalue weighted by molar-refractivity contribution is 5.94. The number of benzene rings is 1. The molecule has 0 bridgehead atoms. The summed E-state index contributed by atoms with van der Waals surface area (Å²) in [6, 6.07) is 9.74. The van der Waals surface area contributed by atoms with Crippen LogP contribution in [0.3, 0.4) is 0 Å². The molecule has 0 saturated carbocycles. The van der Waals surface area contributed by atoms with Crippen molar-refractivity contribution >= 4 is 23.2 Å². The van der Waals surface area contributed by atoms with Gasteiger partial charge >= 0.3 is 6.03 Å². The molecular weight excluding hydrogens is 342 g/mol. The van der Waals surface area contributed by atoms with Gasteiger partial charge in [-0.3, -0.25) is 9.58 Å². The molecule has 1 aromatic carbocycles. The minimum Gasteiger partial charge on any atom is -0.338 e. The van der Waals surface area contributed by atoms with Crippen LogP contribution in [0.25, 0.3) is 11.4 Å². The predicted molar refractivity (Wildman–Crippen MR) is 104 cm³/mol. The van der Waals surface area contributed by atoms with Crippen molar-refractivity contribution in [2.45, 2.75) is 19.9 Å². The van der Waals surface area contributed by atoms with Crippen LogP contribution in [0.15, 0.2) is 48.9 Å². The first kappa shape index (κ1) is 17.0. The third kappa shape index (κ3) is 3.59. The van der Waals surface area contributed by atoms with E-state index in [0.29, 0.717) is 30.8 Å². The number of urea groups is 1. The molecule has 2 aromatic heterocycles. The number of carbonyl (C=O) groups is 1. The van der Waals surface area contributed by atoms with Gasteiger partial charge in [0.15, 0.2) is 5.82 Å². The zero-order chi connectivity index (χ0) is 18.8. The minimum atomic E-state index is -0.0628. The lowest BCUT2D eigenvalue weighted by Gasteiger charge is -2.14. The van der Waals surface area contributed by atoms with Crippen LogP contribution in [0.4, 0.5) is 22.0 Å². The first-order valence-electron chi connectivity index (χ1n) is 8.90. The maximum atomic E-state index is 11.8.